The van der Waals surface area contributed by atoms with Crippen molar-refractivity contribution in [2.45, 2.75) is 6.42 Å². The Morgan fingerprint density at radius 1 is 1.13 bits per heavy atom. The van der Waals surface area contributed by atoms with Crippen LogP contribution in [0.2, 0.25) is 0 Å². The second-order valence-corrected chi connectivity index (χ2v) is 5.10. The van der Waals surface area contributed by atoms with Gasteiger partial charge in [0.25, 0.3) is 5.69 Å². The number of carbonyl (C=O) groups excluding carboxylic acids is 2. The molecule has 0 radical (unpaired) electrons. The van der Waals surface area contributed by atoms with E-state index in [9.17, 15) is 19.7 Å². The lowest BCUT2D eigenvalue weighted by Gasteiger charge is -2.16. The van der Waals surface area contributed by atoms with Crippen molar-refractivity contribution in [1.29, 1.82) is 0 Å². The van der Waals surface area contributed by atoms with Gasteiger partial charge in [0.1, 0.15) is 0 Å². The van der Waals surface area contributed by atoms with Gasteiger partial charge in [-0.05, 0) is 24.1 Å². The molecular weight excluding hydrogens is 298 g/mol. The molecule has 0 saturated heterocycles. The molecule has 116 valence electrons. The van der Waals surface area contributed by atoms with Crippen molar-refractivity contribution in [3.63, 3.8) is 0 Å². The molecule has 1 aliphatic rings. The zero-order valence-electron chi connectivity index (χ0n) is 12.1. The van der Waals surface area contributed by atoms with Gasteiger partial charge in [-0.2, -0.15) is 0 Å². The number of anilines is 2. The number of hydrogen-bond donors (Lipinski definition) is 1. The second-order valence-electron chi connectivity index (χ2n) is 5.10. The van der Waals surface area contributed by atoms with E-state index in [4.69, 9.17) is 0 Å². The minimum absolute atomic E-state index is 0.151. The molecule has 0 aliphatic carbocycles. The molecule has 0 saturated carbocycles. The maximum Gasteiger partial charge on any atom is 0.316 e. The highest BCUT2D eigenvalue weighted by molar-refractivity contribution is 6.44. The lowest BCUT2D eigenvalue weighted by molar-refractivity contribution is -0.384. The molecule has 0 fully saturated rings. The van der Waals surface area contributed by atoms with Gasteiger partial charge >= 0.3 is 11.8 Å². The molecule has 2 amide bonds. The van der Waals surface area contributed by atoms with Crippen LogP contribution in [0.5, 0.6) is 0 Å². The van der Waals surface area contributed by atoms with E-state index in [-0.39, 0.29) is 11.4 Å². The van der Waals surface area contributed by atoms with E-state index in [0.717, 1.165) is 11.3 Å². The third kappa shape index (κ3) is 2.89. The highest BCUT2D eigenvalue weighted by Crippen LogP contribution is 2.27. The third-order valence-electron chi connectivity index (χ3n) is 3.64. The fourth-order valence-corrected chi connectivity index (χ4v) is 2.55. The highest BCUT2D eigenvalue weighted by Gasteiger charge is 2.29. The second kappa shape index (κ2) is 5.88. The number of nitrogens with zero attached hydrogens (tertiary/aromatic N) is 2. The Bertz CT molecular complexity index is 803. The average molecular weight is 311 g/mol. The molecule has 1 N–H and O–H groups in total. The van der Waals surface area contributed by atoms with Crippen LogP contribution in [0.25, 0.3) is 0 Å². The number of nitro groups is 1. The van der Waals surface area contributed by atoms with Crippen LogP contribution < -0.4 is 10.2 Å². The quantitative estimate of drug-likeness (QED) is 0.522. The van der Waals surface area contributed by atoms with Gasteiger partial charge in [-0.25, -0.2) is 0 Å². The van der Waals surface area contributed by atoms with E-state index in [0.29, 0.717) is 13.0 Å². The highest BCUT2D eigenvalue weighted by atomic mass is 16.6. The fraction of sp³-hybridized carbons (Fsp3) is 0.125. The fourth-order valence-electron chi connectivity index (χ4n) is 2.55. The van der Waals surface area contributed by atoms with Gasteiger partial charge < -0.3 is 10.2 Å². The standard InChI is InChI=1S/C16H13N3O4/c20-15(17-12-5-3-6-13(10-12)19(22)23)16(21)18-9-8-11-4-1-2-7-14(11)18/h1-7,10H,8-9H2,(H,17,20). The first-order valence-corrected chi connectivity index (χ1v) is 7.01. The first-order valence-electron chi connectivity index (χ1n) is 7.01. The normalized spacial score (nSPS) is 12.6. The molecule has 0 unspecified atom stereocenters. The monoisotopic (exact) mass is 311 g/mol. The van der Waals surface area contributed by atoms with Gasteiger partial charge in [0, 0.05) is 30.1 Å². The summed E-state index contributed by atoms with van der Waals surface area (Å²) >= 11 is 0. The molecule has 2 aromatic carbocycles. The van der Waals surface area contributed by atoms with Crippen LogP contribution in [-0.4, -0.2) is 23.3 Å². The zero-order valence-corrected chi connectivity index (χ0v) is 12.1. The van der Waals surface area contributed by atoms with E-state index >= 15 is 0 Å². The van der Waals surface area contributed by atoms with Gasteiger partial charge in [-0.1, -0.05) is 24.3 Å². The predicted octanol–water partition coefficient (Wildman–Crippen LogP) is 2.12. The molecule has 23 heavy (non-hydrogen) atoms. The third-order valence-corrected chi connectivity index (χ3v) is 3.64. The summed E-state index contributed by atoms with van der Waals surface area (Å²) in [7, 11) is 0. The Balaban J connectivity index is 1.75. The predicted molar refractivity (Wildman–Crippen MR) is 84.2 cm³/mol. The summed E-state index contributed by atoms with van der Waals surface area (Å²) in [5.41, 5.74) is 1.81. The van der Waals surface area contributed by atoms with Crippen LogP contribution in [0.3, 0.4) is 0 Å². The summed E-state index contributed by atoms with van der Waals surface area (Å²) in [5, 5.41) is 13.1. The van der Waals surface area contributed by atoms with Crippen LogP contribution in [0.1, 0.15) is 5.56 Å². The van der Waals surface area contributed by atoms with Crippen molar-refractivity contribution in [2.24, 2.45) is 0 Å². The van der Waals surface area contributed by atoms with Crippen molar-refractivity contribution in [3.05, 3.63) is 64.2 Å². The number of non-ortho nitro benzene ring substituents is 1. The smallest absolute Gasteiger partial charge is 0.316 e. The van der Waals surface area contributed by atoms with Gasteiger partial charge in [0.15, 0.2) is 0 Å². The van der Waals surface area contributed by atoms with Gasteiger partial charge in [-0.3, -0.25) is 19.7 Å². The van der Waals surface area contributed by atoms with Crippen LogP contribution >= 0.6 is 0 Å². The first-order chi connectivity index (χ1) is 11.1. The molecule has 7 heteroatoms. The van der Waals surface area contributed by atoms with Crippen molar-refractivity contribution in [2.75, 3.05) is 16.8 Å². The summed E-state index contributed by atoms with van der Waals surface area (Å²) < 4.78 is 0. The van der Waals surface area contributed by atoms with Crippen LogP contribution in [0, 0.1) is 10.1 Å². The Kier molecular flexibility index (Phi) is 3.76. The summed E-state index contributed by atoms with van der Waals surface area (Å²) in [6, 6.07) is 12.9. The van der Waals surface area contributed by atoms with Crippen LogP contribution in [0.4, 0.5) is 17.1 Å². The van der Waals surface area contributed by atoms with Gasteiger partial charge in [-0.15, -0.1) is 0 Å². The minimum Gasteiger partial charge on any atom is -0.318 e. The van der Waals surface area contributed by atoms with Gasteiger partial charge in [0.2, 0.25) is 0 Å². The molecule has 2 aromatic rings. The topological polar surface area (TPSA) is 92.5 Å². The maximum atomic E-state index is 12.3. The van der Waals surface area contributed by atoms with Crippen molar-refractivity contribution >= 4 is 28.9 Å². The number of carbonyl (C=O) groups is 2. The molecule has 0 atom stereocenters. The van der Waals surface area contributed by atoms with Crippen LogP contribution in [-0.2, 0) is 16.0 Å². The number of rotatable bonds is 2. The van der Waals surface area contributed by atoms with Gasteiger partial charge in [0.05, 0.1) is 4.92 Å². The molecule has 0 bridgehead atoms. The Morgan fingerprint density at radius 3 is 2.70 bits per heavy atom. The number of fused-ring (bicyclic) bond motifs is 1. The van der Waals surface area contributed by atoms with E-state index in [1.165, 1.54) is 29.2 Å². The maximum absolute atomic E-state index is 12.3. The molecule has 3 rings (SSSR count). The van der Waals surface area contributed by atoms with E-state index < -0.39 is 16.7 Å². The number of benzene rings is 2. The Hall–Kier alpha value is -3.22. The SMILES string of the molecule is O=C(Nc1cccc([N+](=O)[O-])c1)C(=O)N1CCc2ccccc21. The summed E-state index contributed by atoms with van der Waals surface area (Å²) in [6.45, 7) is 0.445. The number of nitrogens with one attached hydrogen (secondary N) is 1. The molecule has 0 spiro atoms. The lowest BCUT2D eigenvalue weighted by Crippen LogP contribution is -2.38. The number of para-hydroxylation sites is 1. The average Bonchev–Trinajstić information content (AvgIpc) is 2.98. The van der Waals surface area contributed by atoms with E-state index in [1.54, 1.807) is 6.07 Å². The van der Waals surface area contributed by atoms with Crippen molar-refractivity contribution in [1.82, 2.24) is 0 Å². The Labute approximate surface area is 131 Å². The minimum atomic E-state index is -0.817. The van der Waals surface area contributed by atoms with Crippen molar-refractivity contribution < 1.29 is 14.5 Å². The molecule has 0 aromatic heterocycles. The molecule has 1 aliphatic heterocycles. The number of nitro benzene ring substituents is 1. The Morgan fingerprint density at radius 2 is 1.91 bits per heavy atom. The lowest BCUT2D eigenvalue weighted by atomic mass is 10.2. The summed E-state index contributed by atoms with van der Waals surface area (Å²) in [6.07, 6.45) is 0.700. The zero-order chi connectivity index (χ0) is 16.4. The summed E-state index contributed by atoms with van der Waals surface area (Å²) in [5.74, 6) is -1.50. The van der Waals surface area contributed by atoms with E-state index in [1.807, 2.05) is 18.2 Å². The molecule has 7 nitrogen and oxygen atoms in total. The largest absolute Gasteiger partial charge is 0.318 e. The number of amides is 2. The number of hydrogen-bond acceptors (Lipinski definition) is 4. The molecular formula is C16H13N3O4. The first kappa shape index (κ1) is 14.7. The van der Waals surface area contributed by atoms with Crippen LogP contribution in [0.15, 0.2) is 48.5 Å². The molecule has 1 heterocycles. The summed E-state index contributed by atoms with van der Waals surface area (Å²) in [4.78, 5) is 36.0. The van der Waals surface area contributed by atoms with Crippen molar-refractivity contribution in [3.8, 4) is 0 Å². The van der Waals surface area contributed by atoms with E-state index in [2.05, 4.69) is 5.32 Å².